The lowest BCUT2D eigenvalue weighted by molar-refractivity contribution is 0.144. The number of benzene rings is 1. The van der Waals surface area contributed by atoms with E-state index in [2.05, 4.69) is 40.3 Å². The second kappa shape index (κ2) is 6.07. The van der Waals surface area contributed by atoms with Gasteiger partial charge in [0.05, 0.1) is 12.1 Å². The summed E-state index contributed by atoms with van der Waals surface area (Å²) in [4.78, 5) is 0. The van der Waals surface area contributed by atoms with Crippen molar-refractivity contribution in [1.82, 2.24) is 0 Å². The molecule has 0 aromatic heterocycles. The summed E-state index contributed by atoms with van der Waals surface area (Å²) in [5, 5.41) is 13.3. The lowest BCUT2D eigenvalue weighted by Crippen LogP contribution is -2.47. The molecule has 18 heavy (non-hydrogen) atoms. The minimum absolute atomic E-state index is 0.188. The van der Waals surface area contributed by atoms with Crippen molar-refractivity contribution in [2.45, 2.75) is 44.6 Å². The monoisotopic (exact) mass is 311 g/mol. The molecule has 1 aliphatic rings. The van der Waals surface area contributed by atoms with Crippen LogP contribution in [0, 0.1) is 5.92 Å². The second-order valence-corrected chi connectivity index (χ2v) is 6.46. The molecule has 0 saturated heterocycles. The van der Waals surface area contributed by atoms with Gasteiger partial charge in [-0.2, -0.15) is 0 Å². The number of aliphatic hydroxyl groups excluding tert-OH is 1. The molecular formula is C15H22BrNO. The predicted octanol–water partition coefficient (Wildman–Crippen LogP) is 4.19. The van der Waals surface area contributed by atoms with Crippen LogP contribution in [0.4, 0.5) is 5.69 Å². The van der Waals surface area contributed by atoms with E-state index < -0.39 is 0 Å². The van der Waals surface area contributed by atoms with E-state index in [1.54, 1.807) is 0 Å². The molecular weight excluding hydrogens is 290 g/mol. The first-order chi connectivity index (χ1) is 8.64. The number of hydrogen-bond donors (Lipinski definition) is 2. The molecule has 0 aliphatic heterocycles. The van der Waals surface area contributed by atoms with Gasteiger partial charge >= 0.3 is 0 Å². The summed E-state index contributed by atoms with van der Waals surface area (Å²) in [5.74, 6) is 0.569. The normalized spacial score (nSPS) is 20.4. The molecule has 1 aromatic carbocycles. The maximum absolute atomic E-state index is 9.78. The smallest absolute Gasteiger partial charge is 0.0661 e. The Morgan fingerprint density at radius 3 is 2.39 bits per heavy atom. The lowest BCUT2D eigenvalue weighted by atomic mass is 9.76. The highest BCUT2D eigenvalue weighted by Gasteiger charge is 2.34. The minimum atomic E-state index is -0.200. The second-order valence-electron chi connectivity index (χ2n) is 5.54. The van der Waals surface area contributed by atoms with Crippen LogP contribution in [0.15, 0.2) is 28.7 Å². The zero-order valence-corrected chi connectivity index (χ0v) is 12.5. The van der Waals surface area contributed by atoms with Crippen LogP contribution in [0.2, 0.25) is 0 Å². The SMILES string of the molecule is CC(CO)(Nc1ccc(Br)cc1)C1CCCCC1. The van der Waals surface area contributed by atoms with Gasteiger partial charge in [0.15, 0.2) is 0 Å². The van der Waals surface area contributed by atoms with Crippen LogP contribution in [0.3, 0.4) is 0 Å². The molecule has 0 heterocycles. The van der Waals surface area contributed by atoms with Crippen LogP contribution in [0.1, 0.15) is 39.0 Å². The number of aliphatic hydroxyl groups is 1. The van der Waals surface area contributed by atoms with Gasteiger partial charge in [0, 0.05) is 10.2 Å². The number of rotatable bonds is 4. The fourth-order valence-electron chi connectivity index (χ4n) is 2.87. The van der Waals surface area contributed by atoms with Crippen molar-refractivity contribution in [3.05, 3.63) is 28.7 Å². The predicted molar refractivity (Wildman–Crippen MR) is 79.8 cm³/mol. The molecule has 2 nitrogen and oxygen atoms in total. The summed E-state index contributed by atoms with van der Waals surface area (Å²) in [6.07, 6.45) is 6.38. The number of anilines is 1. The van der Waals surface area contributed by atoms with E-state index in [0.717, 1.165) is 10.2 Å². The van der Waals surface area contributed by atoms with Gasteiger partial charge in [0.25, 0.3) is 0 Å². The molecule has 1 atom stereocenters. The Balaban J connectivity index is 2.08. The van der Waals surface area contributed by atoms with Crippen molar-refractivity contribution in [2.75, 3.05) is 11.9 Å². The Hall–Kier alpha value is -0.540. The highest BCUT2D eigenvalue weighted by atomic mass is 79.9. The summed E-state index contributed by atoms with van der Waals surface area (Å²) >= 11 is 3.44. The molecule has 1 saturated carbocycles. The van der Waals surface area contributed by atoms with Crippen LogP contribution in [0.5, 0.6) is 0 Å². The highest BCUT2D eigenvalue weighted by Crippen LogP contribution is 2.34. The Labute approximate surface area is 118 Å². The van der Waals surface area contributed by atoms with Crippen molar-refractivity contribution in [2.24, 2.45) is 5.92 Å². The topological polar surface area (TPSA) is 32.3 Å². The largest absolute Gasteiger partial charge is 0.394 e. The summed E-state index contributed by atoms with van der Waals surface area (Å²) in [5.41, 5.74) is 0.883. The van der Waals surface area contributed by atoms with Crippen LogP contribution in [0.25, 0.3) is 0 Å². The molecule has 1 aliphatic carbocycles. The van der Waals surface area contributed by atoms with E-state index in [-0.39, 0.29) is 12.1 Å². The van der Waals surface area contributed by atoms with Crippen LogP contribution in [-0.4, -0.2) is 17.3 Å². The third-order valence-corrected chi connectivity index (χ3v) is 4.64. The van der Waals surface area contributed by atoms with Crippen molar-refractivity contribution in [3.63, 3.8) is 0 Å². The third-order valence-electron chi connectivity index (χ3n) is 4.11. The first-order valence-corrected chi connectivity index (χ1v) is 7.58. The van der Waals surface area contributed by atoms with Crippen molar-refractivity contribution in [1.29, 1.82) is 0 Å². The summed E-state index contributed by atoms with van der Waals surface area (Å²) < 4.78 is 1.08. The zero-order chi connectivity index (χ0) is 13.0. The molecule has 0 bridgehead atoms. The lowest BCUT2D eigenvalue weighted by Gasteiger charge is -2.40. The number of hydrogen-bond acceptors (Lipinski definition) is 2. The molecule has 0 spiro atoms. The van der Waals surface area contributed by atoms with Crippen molar-refractivity contribution in [3.8, 4) is 0 Å². The molecule has 3 heteroatoms. The van der Waals surface area contributed by atoms with Gasteiger partial charge in [0.2, 0.25) is 0 Å². The zero-order valence-electron chi connectivity index (χ0n) is 11.0. The summed E-state index contributed by atoms with van der Waals surface area (Å²) in [6.45, 7) is 2.33. The van der Waals surface area contributed by atoms with Gasteiger partial charge in [-0.3, -0.25) is 0 Å². The minimum Gasteiger partial charge on any atom is -0.394 e. The fraction of sp³-hybridized carbons (Fsp3) is 0.600. The average Bonchev–Trinajstić information content (AvgIpc) is 2.42. The quantitative estimate of drug-likeness (QED) is 0.873. The van der Waals surface area contributed by atoms with E-state index in [0.29, 0.717) is 5.92 Å². The van der Waals surface area contributed by atoms with E-state index in [9.17, 15) is 5.11 Å². The van der Waals surface area contributed by atoms with Crippen LogP contribution < -0.4 is 5.32 Å². The Morgan fingerprint density at radius 2 is 1.83 bits per heavy atom. The molecule has 2 N–H and O–H groups in total. The molecule has 1 aromatic rings. The van der Waals surface area contributed by atoms with Crippen molar-refractivity contribution < 1.29 is 5.11 Å². The summed E-state index contributed by atoms with van der Waals surface area (Å²) in [6, 6.07) is 8.17. The van der Waals surface area contributed by atoms with E-state index in [1.807, 2.05) is 12.1 Å². The Bertz CT molecular complexity index is 373. The molecule has 1 unspecified atom stereocenters. The maximum atomic E-state index is 9.78. The highest BCUT2D eigenvalue weighted by molar-refractivity contribution is 9.10. The first-order valence-electron chi connectivity index (χ1n) is 6.79. The van der Waals surface area contributed by atoms with Gasteiger partial charge in [-0.25, -0.2) is 0 Å². The fourth-order valence-corrected chi connectivity index (χ4v) is 3.14. The van der Waals surface area contributed by atoms with E-state index in [1.165, 1.54) is 32.1 Å². The van der Waals surface area contributed by atoms with Gasteiger partial charge < -0.3 is 10.4 Å². The maximum Gasteiger partial charge on any atom is 0.0661 e. The van der Waals surface area contributed by atoms with Crippen molar-refractivity contribution >= 4 is 21.6 Å². The van der Waals surface area contributed by atoms with Crippen LogP contribution in [-0.2, 0) is 0 Å². The van der Waals surface area contributed by atoms with Gasteiger partial charge in [-0.1, -0.05) is 35.2 Å². The molecule has 100 valence electrons. The molecule has 0 radical (unpaired) electrons. The Morgan fingerprint density at radius 1 is 1.22 bits per heavy atom. The number of halogens is 1. The Kier molecular flexibility index (Phi) is 4.68. The molecule has 2 rings (SSSR count). The summed E-state index contributed by atoms with van der Waals surface area (Å²) in [7, 11) is 0. The van der Waals surface area contributed by atoms with Gasteiger partial charge in [-0.05, 0) is 49.9 Å². The number of nitrogens with one attached hydrogen (secondary N) is 1. The molecule has 0 amide bonds. The first kappa shape index (κ1) is 13.9. The van der Waals surface area contributed by atoms with E-state index in [4.69, 9.17) is 0 Å². The standard InChI is InChI=1S/C15H22BrNO/c1-15(11-18,12-5-3-2-4-6-12)17-14-9-7-13(16)8-10-14/h7-10,12,17-18H,2-6,11H2,1H3. The molecule has 1 fully saturated rings. The van der Waals surface area contributed by atoms with Gasteiger partial charge in [-0.15, -0.1) is 0 Å². The third kappa shape index (κ3) is 3.27. The van der Waals surface area contributed by atoms with E-state index >= 15 is 0 Å². The average molecular weight is 312 g/mol. The van der Waals surface area contributed by atoms with Gasteiger partial charge in [0.1, 0.15) is 0 Å². The van der Waals surface area contributed by atoms with Crippen LogP contribution >= 0.6 is 15.9 Å².